The molecule has 0 radical (unpaired) electrons. The molecule has 0 N–H and O–H groups in total. The van der Waals surface area contributed by atoms with Crippen molar-refractivity contribution in [3.8, 4) is 0 Å². The lowest BCUT2D eigenvalue weighted by Gasteiger charge is -2.26. The summed E-state index contributed by atoms with van der Waals surface area (Å²) in [6, 6.07) is 5.56. The SMILES string of the molecule is CC(C)(C)C1CCN(S(=O)(=O)c2ccccc2F)C1. The predicted octanol–water partition coefficient (Wildman–Crippen LogP) is 2.88. The zero-order valence-corrected chi connectivity index (χ0v) is 12.4. The summed E-state index contributed by atoms with van der Waals surface area (Å²) in [6.07, 6.45) is 0.831. The lowest BCUT2D eigenvalue weighted by atomic mass is 9.80. The van der Waals surface area contributed by atoms with Crippen molar-refractivity contribution < 1.29 is 12.8 Å². The van der Waals surface area contributed by atoms with Gasteiger partial charge in [0.2, 0.25) is 10.0 Å². The summed E-state index contributed by atoms with van der Waals surface area (Å²) in [6.45, 7) is 7.27. The maximum Gasteiger partial charge on any atom is 0.245 e. The molecule has 3 nitrogen and oxygen atoms in total. The zero-order valence-electron chi connectivity index (χ0n) is 11.6. The molecule has 1 heterocycles. The van der Waals surface area contributed by atoms with Gasteiger partial charge in [-0.05, 0) is 29.9 Å². The van der Waals surface area contributed by atoms with Crippen LogP contribution in [0.25, 0.3) is 0 Å². The third kappa shape index (κ3) is 2.82. The van der Waals surface area contributed by atoms with Crippen molar-refractivity contribution in [2.45, 2.75) is 32.1 Å². The molecule has 1 atom stereocenters. The van der Waals surface area contributed by atoms with Crippen molar-refractivity contribution in [1.29, 1.82) is 0 Å². The summed E-state index contributed by atoms with van der Waals surface area (Å²) in [7, 11) is -3.70. The van der Waals surface area contributed by atoms with E-state index >= 15 is 0 Å². The minimum atomic E-state index is -3.70. The number of nitrogens with zero attached hydrogens (tertiary/aromatic N) is 1. The third-order valence-corrected chi connectivity index (χ3v) is 5.73. The van der Waals surface area contributed by atoms with E-state index in [0.717, 1.165) is 6.42 Å². The molecule has 106 valence electrons. The van der Waals surface area contributed by atoms with Crippen LogP contribution in [0.3, 0.4) is 0 Å². The van der Waals surface area contributed by atoms with Crippen LogP contribution in [0, 0.1) is 17.2 Å². The average molecular weight is 285 g/mol. The summed E-state index contributed by atoms with van der Waals surface area (Å²) in [5.41, 5.74) is 0.0690. The minimum Gasteiger partial charge on any atom is -0.207 e. The van der Waals surface area contributed by atoms with E-state index in [9.17, 15) is 12.8 Å². The van der Waals surface area contributed by atoms with E-state index in [-0.39, 0.29) is 10.3 Å². The van der Waals surface area contributed by atoms with Crippen molar-refractivity contribution in [1.82, 2.24) is 4.31 Å². The molecule has 0 aliphatic carbocycles. The number of hydrogen-bond acceptors (Lipinski definition) is 2. The molecule has 5 heteroatoms. The van der Waals surface area contributed by atoms with E-state index in [1.54, 1.807) is 6.07 Å². The molecule has 1 saturated heterocycles. The summed E-state index contributed by atoms with van der Waals surface area (Å²) in [5, 5.41) is 0. The van der Waals surface area contributed by atoms with E-state index < -0.39 is 15.8 Å². The number of rotatable bonds is 2. The topological polar surface area (TPSA) is 37.4 Å². The van der Waals surface area contributed by atoms with Gasteiger partial charge in [0.1, 0.15) is 10.7 Å². The lowest BCUT2D eigenvalue weighted by molar-refractivity contribution is 0.252. The Hall–Kier alpha value is -0.940. The van der Waals surface area contributed by atoms with Gasteiger partial charge < -0.3 is 0 Å². The first-order valence-corrected chi connectivity index (χ1v) is 7.91. The van der Waals surface area contributed by atoms with Crippen LogP contribution in [-0.4, -0.2) is 25.8 Å². The fraction of sp³-hybridized carbons (Fsp3) is 0.571. The second-order valence-electron chi connectivity index (χ2n) is 6.15. The van der Waals surface area contributed by atoms with E-state index in [0.29, 0.717) is 19.0 Å². The van der Waals surface area contributed by atoms with E-state index in [2.05, 4.69) is 20.8 Å². The molecule has 19 heavy (non-hydrogen) atoms. The van der Waals surface area contributed by atoms with Gasteiger partial charge in [-0.3, -0.25) is 0 Å². The fourth-order valence-electron chi connectivity index (χ4n) is 2.45. The maximum atomic E-state index is 13.7. The molecule has 1 aromatic carbocycles. The summed E-state index contributed by atoms with van der Waals surface area (Å²) in [5.74, 6) is -0.365. The standard InChI is InChI=1S/C14H20FNO2S/c1-14(2,3)11-8-9-16(10-11)19(17,18)13-7-5-4-6-12(13)15/h4-7,11H,8-10H2,1-3H3. The molecule has 2 rings (SSSR count). The minimum absolute atomic E-state index is 0.0690. The third-order valence-electron chi connectivity index (χ3n) is 3.83. The van der Waals surface area contributed by atoms with Crippen LogP contribution in [0.15, 0.2) is 29.2 Å². The van der Waals surface area contributed by atoms with Crippen LogP contribution in [0.4, 0.5) is 4.39 Å². The molecule has 0 saturated carbocycles. The Morgan fingerprint density at radius 2 is 1.89 bits per heavy atom. The Kier molecular flexibility index (Phi) is 3.71. The lowest BCUT2D eigenvalue weighted by Crippen LogP contribution is -2.31. The first-order valence-electron chi connectivity index (χ1n) is 6.47. The number of halogens is 1. The molecular weight excluding hydrogens is 265 g/mol. The van der Waals surface area contributed by atoms with E-state index in [1.807, 2.05) is 0 Å². The van der Waals surface area contributed by atoms with Crippen molar-refractivity contribution >= 4 is 10.0 Å². The largest absolute Gasteiger partial charge is 0.245 e. The highest BCUT2D eigenvalue weighted by molar-refractivity contribution is 7.89. The van der Waals surface area contributed by atoms with Crippen molar-refractivity contribution in [2.75, 3.05) is 13.1 Å². The van der Waals surface area contributed by atoms with E-state index in [4.69, 9.17) is 0 Å². The molecule has 1 aliphatic rings. The second-order valence-corrected chi connectivity index (χ2v) is 8.05. The summed E-state index contributed by atoms with van der Waals surface area (Å²) >= 11 is 0. The van der Waals surface area contributed by atoms with Crippen LogP contribution >= 0.6 is 0 Å². The Labute approximate surface area is 114 Å². The van der Waals surface area contributed by atoms with Crippen LogP contribution in [0.1, 0.15) is 27.2 Å². The van der Waals surface area contributed by atoms with Gasteiger partial charge >= 0.3 is 0 Å². The van der Waals surface area contributed by atoms with Crippen molar-refractivity contribution in [3.05, 3.63) is 30.1 Å². The van der Waals surface area contributed by atoms with Gasteiger partial charge in [-0.1, -0.05) is 32.9 Å². The van der Waals surface area contributed by atoms with Crippen LogP contribution in [-0.2, 0) is 10.0 Å². The molecular formula is C14H20FNO2S. The molecule has 1 aliphatic heterocycles. The highest BCUT2D eigenvalue weighted by Crippen LogP contribution is 2.36. The molecule has 1 unspecified atom stereocenters. The van der Waals surface area contributed by atoms with Gasteiger partial charge in [0, 0.05) is 13.1 Å². The van der Waals surface area contributed by atoms with Gasteiger partial charge in [-0.15, -0.1) is 0 Å². The van der Waals surface area contributed by atoms with Crippen LogP contribution < -0.4 is 0 Å². The van der Waals surface area contributed by atoms with Crippen molar-refractivity contribution in [2.24, 2.45) is 11.3 Å². The smallest absolute Gasteiger partial charge is 0.207 e. The second kappa shape index (κ2) is 4.87. The molecule has 0 amide bonds. The average Bonchev–Trinajstić information content (AvgIpc) is 2.78. The number of hydrogen-bond donors (Lipinski definition) is 0. The first kappa shape index (κ1) is 14.5. The quantitative estimate of drug-likeness (QED) is 0.838. The molecule has 1 fully saturated rings. The highest BCUT2D eigenvalue weighted by Gasteiger charge is 2.38. The summed E-state index contributed by atoms with van der Waals surface area (Å²) < 4.78 is 39.9. The zero-order chi connectivity index (χ0) is 14.3. The van der Waals surface area contributed by atoms with Crippen LogP contribution in [0.5, 0.6) is 0 Å². The number of sulfonamides is 1. The van der Waals surface area contributed by atoms with Gasteiger partial charge in [-0.25, -0.2) is 12.8 Å². The normalized spacial score (nSPS) is 21.8. The molecule has 1 aromatic rings. The Morgan fingerprint density at radius 1 is 1.26 bits per heavy atom. The first-order chi connectivity index (χ1) is 8.73. The summed E-state index contributed by atoms with van der Waals surface area (Å²) in [4.78, 5) is -0.218. The van der Waals surface area contributed by atoms with Gasteiger partial charge in [-0.2, -0.15) is 4.31 Å². The molecule has 0 bridgehead atoms. The van der Waals surface area contributed by atoms with Crippen molar-refractivity contribution in [3.63, 3.8) is 0 Å². The Balaban J connectivity index is 2.26. The molecule has 0 spiro atoms. The van der Waals surface area contributed by atoms with Gasteiger partial charge in [0.25, 0.3) is 0 Å². The van der Waals surface area contributed by atoms with Crippen LogP contribution in [0.2, 0.25) is 0 Å². The predicted molar refractivity (Wildman–Crippen MR) is 72.7 cm³/mol. The fourth-order valence-corrected chi connectivity index (χ4v) is 4.01. The van der Waals surface area contributed by atoms with Gasteiger partial charge in [0.05, 0.1) is 0 Å². The van der Waals surface area contributed by atoms with E-state index in [1.165, 1.54) is 22.5 Å². The number of benzene rings is 1. The monoisotopic (exact) mass is 285 g/mol. The molecule has 0 aromatic heterocycles. The highest BCUT2D eigenvalue weighted by atomic mass is 32.2. The van der Waals surface area contributed by atoms with Gasteiger partial charge in [0.15, 0.2) is 0 Å². The Morgan fingerprint density at radius 3 is 2.42 bits per heavy atom. The maximum absolute atomic E-state index is 13.7. The Bertz CT molecular complexity index is 563.